The second-order valence-electron chi connectivity index (χ2n) is 6.47. The maximum Gasteiger partial charge on any atom is 0.337 e. The molecule has 2 N–H and O–H groups in total. The van der Waals surface area contributed by atoms with Crippen LogP contribution in [0.15, 0.2) is 27.8 Å². The van der Waals surface area contributed by atoms with Gasteiger partial charge in [0.2, 0.25) is 5.91 Å². The van der Waals surface area contributed by atoms with Gasteiger partial charge in [-0.25, -0.2) is 9.36 Å². The van der Waals surface area contributed by atoms with E-state index < -0.39 is 17.2 Å². The van der Waals surface area contributed by atoms with E-state index in [2.05, 4.69) is 0 Å². The van der Waals surface area contributed by atoms with E-state index in [0.29, 0.717) is 20.9 Å². The second-order valence-corrected chi connectivity index (χ2v) is 8.36. The molecule has 1 aliphatic rings. The van der Waals surface area contributed by atoms with Gasteiger partial charge < -0.3 is 5.73 Å². The zero-order valence-electron chi connectivity index (χ0n) is 14.1. The normalized spacial score (nSPS) is 13.7. The summed E-state index contributed by atoms with van der Waals surface area (Å²) >= 11 is 13.4. The van der Waals surface area contributed by atoms with Crippen molar-refractivity contribution in [1.82, 2.24) is 9.13 Å². The number of rotatable bonds is 3. The molecular weight excluding hydrogens is 409 g/mol. The van der Waals surface area contributed by atoms with Gasteiger partial charge in [0.05, 0.1) is 21.1 Å². The van der Waals surface area contributed by atoms with E-state index in [4.69, 9.17) is 28.9 Å². The molecule has 0 saturated heterocycles. The summed E-state index contributed by atoms with van der Waals surface area (Å²) in [5.41, 5.74) is 5.60. The molecular formula is C18H15Cl2N3O3S. The summed E-state index contributed by atoms with van der Waals surface area (Å²) in [6.45, 7) is -0.295. The quantitative estimate of drug-likeness (QED) is 0.702. The molecule has 9 heteroatoms. The monoisotopic (exact) mass is 423 g/mol. The highest BCUT2D eigenvalue weighted by Crippen LogP contribution is 2.34. The maximum absolute atomic E-state index is 13.3. The molecule has 27 heavy (non-hydrogen) atoms. The van der Waals surface area contributed by atoms with Crippen LogP contribution in [0.3, 0.4) is 0 Å². The molecule has 0 aliphatic heterocycles. The van der Waals surface area contributed by atoms with Crippen LogP contribution in [0.5, 0.6) is 0 Å². The van der Waals surface area contributed by atoms with Gasteiger partial charge in [-0.1, -0.05) is 23.2 Å². The highest BCUT2D eigenvalue weighted by Gasteiger charge is 2.24. The summed E-state index contributed by atoms with van der Waals surface area (Å²) < 4.78 is 2.32. The number of benzene rings is 1. The summed E-state index contributed by atoms with van der Waals surface area (Å²) in [6.07, 6.45) is 3.67. The minimum Gasteiger partial charge on any atom is -0.368 e. The lowest BCUT2D eigenvalue weighted by Crippen LogP contribution is -2.40. The van der Waals surface area contributed by atoms with Crippen molar-refractivity contribution in [2.75, 3.05) is 0 Å². The molecule has 6 nitrogen and oxygen atoms in total. The van der Waals surface area contributed by atoms with Gasteiger partial charge in [-0.3, -0.25) is 14.2 Å². The summed E-state index contributed by atoms with van der Waals surface area (Å²) in [5.74, 6) is -0.649. The summed E-state index contributed by atoms with van der Waals surface area (Å²) in [4.78, 5) is 39.6. The Morgan fingerprint density at radius 3 is 2.59 bits per heavy atom. The van der Waals surface area contributed by atoms with Crippen LogP contribution in [0.4, 0.5) is 0 Å². The predicted molar refractivity (Wildman–Crippen MR) is 108 cm³/mol. The predicted octanol–water partition coefficient (Wildman–Crippen LogP) is 2.88. The Labute approximate surface area is 167 Å². The first-order valence-corrected chi connectivity index (χ1v) is 9.99. The molecule has 1 aliphatic carbocycles. The summed E-state index contributed by atoms with van der Waals surface area (Å²) in [5, 5.41) is 1.04. The van der Waals surface area contributed by atoms with E-state index in [1.165, 1.54) is 28.0 Å². The van der Waals surface area contributed by atoms with Gasteiger partial charge >= 0.3 is 5.69 Å². The van der Waals surface area contributed by atoms with E-state index in [1.54, 1.807) is 6.07 Å². The molecule has 1 aromatic carbocycles. The van der Waals surface area contributed by atoms with Crippen LogP contribution in [0.25, 0.3) is 15.9 Å². The van der Waals surface area contributed by atoms with Crippen LogP contribution in [0, 0.1) is 0 Å². The van der Waals surface area contributed by atoms with E-state index in [1.807, 2.05) is 0 Å². The molecule has 0 radical (unpaired) electrons. The van der Waals surface area contributed by atoms with Crippen LogP contribution in [-0.2, 0) is 24.2 Å². The number of primary amides is 1. The fourth-order valence-electron chi connectivity index (χ4n) is 3.52. The molecule has 0 bridgehead atoms. The number of hydrogen-bond acceptors (Lipinski definition) is 4. The highest BCUT2D eigenvalue weighted by molar-refractivity contribution is 7.18. The van der Waals surface area contributed by atoms with Crippen molar-refractivity contribution < 1.29 is 4.79 Å². The Hall–Kier alpha value is -2.09. The Morgan fingerprint density at radius 2 is 1.89 bits per heavy atom. The largest absolute Gasteiger partial charge is 0.368 e. The SMILES string of the molecule is NC(=O)Cn1c(=O)n(-c2ccc(Cl)c(Cl)c2)c(=O)c2c3c(sc21)CCCC3. The number of aromatic nitrogens is 2. The van der Waals surface area contributed by atoms with Crippen molar-refractivity contribution >= 4 is 50.7 Å². The first-order valence-electron chi connectivity index (χ1n) is 8.42. The Bertz CT molecular complexity index is 1210. The average molecular weight is 424 g/mol. The van der Waals surface area contributed by atoms with Gasteiger partial charge in [0.15, 0.2) is 0 Å². The Kier molecular flexibility index (Phi) is 4.61. The van der Waals surface area contributed by atoms with E-state index in [-0.39, 0.29) is 11.6 Å². The number of hydrogen-bond donors (Lipinski definition) is 1. The van der Waals surface area contributed by atoms with Crippen molar-refractivity contribution in [2.45, 2.75) is 32.2 Å². The average Bonchev–Trinajstić information content (AvgIpc) is 3.01. The van der Waals surface area contributed by atoms with Gasteiger partial charge in [-0.15, -0.1) is 11.3 Å². The molecule has 0 atom stereocenters. The number of fused-ring (bicyclic) bond motifs is 3. The smallest absolute Gasteiger partial charge is 0.337 e. The molecule has 0 unspecified atom stereocenters. The second kappa shape index (κ2) is 6.82. The van der Waals surface area contributed by atoms with Crippen molar-refractivity contribution in [1.29, 1.82) is 0 Å². The third-order valence-corrected chi connectivity index (χ3v) is 6.77. The number of nitrogens with zero attached hydrogens (tertiary/aromatic N) is 2. The number of thiophene rings is 1. The minimum absolute atomic E-state index is 0.231. The number of nitrogens with two attached hydrogens (primary N) is 1. The fraction of sp³-hybridized carbons (Fsp3) is 0.278. The third-order valence-electron chi connectivity index (χ3n) is 4.71. The number of carbonyl (C=O) groups excluding carboxylic acids is 1. The van der Waals surface area contributed by atoms with Crippen molar-refractivity contribution in [3.8, 4) is 5.69 Å². The van der Waals surface area contributed by atoms with Crippen LogP contribution in [0.2, 0.25) is 10.0 Å². The van der Waals surface area contributed by atoms with Crippen LogP contribution < -0.4 is 17.0 Å². The number of halogens is 2. The first kappa shape index (κ1) is 18.3. The van der Waals surface area contributed by atoms with E-state index >= 15 is 0 Å². The molecule has 0 saturated carbocycles. The van der Waals surface area contributed by atoms with E-state index in [9.17, 15) is 14.4 Å². The lowest BCUT2D eigenvalue weighted by atomic mass is 9.97. The van der Waals surface area contributed by atoms with Crippen LogP contribution in [-0.4, -0.2) is 15.0 Å². The van der Waals surface area contributed by atoms with Crippen molar-refractivity contribution in [2.24, 2.45) is 5.73 Å². The van der Waals surface area contributed by atoms with Crippen LogP contribution >= 0.6 is 34.5 Å². The van der Waals surface area contributed by atoms with Crippen LogP contribution in [0.1, 0.15) is 23.3 Å². The minimum atomic E-state index is -0.649. The van der Waals surface area contributed by atoms with Gasteiger partial charge in [0.25, 0.3) is 5.56 Å². The molecule has 2 aromatic heterocycles. The van der Waals surface area contributed by atoms with Gasteiger partial charge in [0, 0.05) is 4.88 Å². The molecule has 3 aromatic rings. The third kappa shape index (κ3) is 2.99. The Morgan fingerprint density at radius 1 is 1.15 bits per heavy atom. The maximum atomic E-state index is 13.3. The molecule has 140 valence electrons. The first-order chi connectivity index (χ1) is 12.9. The zero-order valence-corrected chi connectivity index (χ0v) is 16.5. The molecule has 0 fully saturated rings. The summed E-state index contributed by atoms with van der Waals surface area (Å²) in [6, 6.07) is 4.54. The molecule has 0 spiro atoms. The standard InChI is InChI=1S/C18H15Cl2N3O3S/c19-11-6-5-9(7-12(11)20)23-16(25)15-10-3-1-2-4-13(10)27-17(15)22(18(23)26)8-14(21)24/h5-7H,1-4,8H2,(H2,21,24). The van der Waals surface area contributed by atoms with Gasteiger partial charge in [-0.05, 0) is 49.4 Å². The Balaban J connectivity index is 2.12. The van der Waals surface area contributed by atoms with Gasteiger partial charge in [-0.2, -0.15) is 0 Å². The summed E-state index contributed by atoms with van der Waals surface area (Å²) in [7, 11) is 0. The molecule has 1 amide bonds. The molecule has 4 rings (SSSR count). The zero-order chi connectivity index (χ0) is 19.3. The topological polar surface area (TPSA) is 87.1 Å². The molecule has 2 heterocycles. The van der Waals surface area contributed by atoms with Gasteiger partial charge in [0.1, 0.15) is 11.4 Å². The highest BCUT2D eigenvalue weighted by atomic mass is 35.5. The lowest BCUT2D eigenvalue weighted by molar-refractivity contribution is -0.118. The fourth-order valence-corrected chi connectivity index (χ4v) is 5.18. The van der Waals surface area contributed by atoms with E-state index in [0.717, 1.165) is 40.7 Å². The van der Waals surface area contributed by atoms with Crippen molar-refractivity contribution in [3.05, 3.63) is 59.5 Å². The number of aryl methyl sites for hydroxylation is 2. The number of amides is 1. The van der Waals surface area contributed by atoms with Crippen molar-refractivity contribution in [3.63, 3.8) is 0 Å². The lowest BCUT2D eigenvalue weighted by Gasteiger charge is -2.13. The number of carbonyl (C=O) groups is 1.